The monoisotopic (exact) mass is 439 g/mol. The van der Waals surface area contributed by atoms with Gasteiger partial charge in [-0.25, -0.2) is 0 Å². The van der Waals surface area contributed by atoms with E-state index < -0.39 is 0 Å². The van der Waals surface area contributed by atoms with Crippen molar-refractivity contribution in [1.82, 2.24) is 15.1 Å². The van der Waals surface area contributed by atoms with Gasteiger partial charge >= 0.3 is 0 Å². The van der Waals surface area contributed by atoms with Crippen LogP contribution in [0.4, 0.5) is 0 Å². The lowest BCUT2D eigenvalue weighted by molar-refractivity contribution is 0.0789. The predicted octanol–water partition coefficient (Wildman–Crippen LogP) is 4.04. The van der Waals surface area contributed by atoms with Crippen molar-refractivity contribution in [3.8, 4) is 17.2 Å². The van der Waals surface area contributed by atoms with Crippen molar-refractivity contribution in [3.05, 3.63) is 70.5 Å². The van der Waals surface area contributed by atoms with Gasteiger partial charge in [-0.15, -0.1) is 0 Å². The molecule has 1 N–H and O–H groups in total. The molecule has 8 heteroatoms. The number of hydrogen-bond acceptors (Lipinski definition) is 5. The molecule has 31 heavy (non-hydrogen) atoms. The van der Waals surface area contributed by atoms with Crippen LogP contribution >= 0.6 is 11.6 Å². The number of carbonyl (C=O) groups is 1. The molecule has 2 aliphatic heterocycles. The Morgan fingerprint density at radius 1 is 1.13 bits per heavy atom. The van der Waals surface area contributed by atoms with Crippen LogP contribution in [-0.4, -0.2) is 47.3 Å². The van der Waals surface area contributed by atoms with Crippen molar-refractivity contribution in [3.63, 3.8) is 0 Å². The number of halogens is 1. The van der Waals surface area contributed by atoms with Gasteiger partial charge in [-0.05, 0) is 55.0 Å². The van der Waals surface area contributed by atoms with Crippen LogP contribution in [0.2, 0.25) is 5.02 Å². The molecule has 1 atom stereocenters. The lowest BCUT2D eigenvalue weighted by Gasteiger charge is -2.20. The Morgan fingerprint density at radius 2 is 1.94 bits per heavy atom. The second-order valence-corrected chi connectivity index (χ2v) is 8.09. The van der Waals surface area contributed by atoms with Gasteiger partial charge in [-0.3, -0.25) is 9.89 Å². The lowest BCUT2D eigenvalue weighted by atomic mass is 10.1. The maximum absolute atomic E-state index is 13.0. The first-order chi connectivity index (χ1) is 15.2. The number of likely N-dealkylation sites (tertiary alicyclic amines) is 1. The number of rotatable bonds is 5. The zero-order valence-electron chi connectivity index (χ0n) is 16.8. The highest BCUT2D eigenvalue weighted by molar-refractivity contribution is 6.30. The lowest BCUT2D eigenvalue weighted by Crippen LogP contribution is -2.28. The summed E-state index contributed by atoms with van der Waals surface area (Å²) in [4.78, 5) is 14.8. The van der Waals surface area contributed by atoms with Gasteiger partial charge in [-0.1, -0.05) is 11.6 Å². The van der Waals surface area contributed by atoms with Gasteiger partial charge in [0.1, 0.15) is 25.6 Å². The van der Waals surface area contributed by atoms with Crippen molar-refractivity contribution in [2.45, 2.75) is 18.9 Å². The summed E-state index contributed by atoms with van der Waals surface area (Å²) in [5.41, 5.74) is 2.46. The smallest absolute Gasteiger partial charge is 0.254 e. The predicted molar refractivity (Wildman–Crippen MR) is 115 cm³/mol. The third-order valence-corrected chi connectivity index (χ3v) is 5.79. The minimum atomic E-state index is 0.00121. The molecule has 160 valence electrons. The number of nitrogens with zero attached hydrogens (tertiary/aromatic N) is 2. The highest BCUT2D eigenvalue weighted by Crippen LogP contribution is 2.33. The number of hydrogen-bond donors (Lipinski definition) is 1. The Bertz CT molecular complexity index is 1080. The first kappa shape index (κ1) is 19.8. The molecule has 7 nitrogen and oxygen atoms in total. The normalized spacial score (nSPS) is 17.6. The van der Waals surface area contributed by atoms with Crippen LogP contribution in [0.3, 0.4) is 0 Å². The first-order valence-electron chi connectivity index (χ1n) is 10.3. The first-order valence-corrected chi connectivity index (χ1v) is 10.6. The Morgan fingerprint density at radius 3 is 2.77 bits per heavy atom. The molecule has 0 saturated carbocycles. The van der Waals surface area contributed by atoms with Gasteiger partial charge in [0.05, 0.1) is 11.4 Å². The van der Waals surface area contributed by atoms with E-state index >= 15 is 0 Å². The number of benzene rings is 2. The third-order valence-electron chi connectivity index (χ3n) is 5.54. The molecule has 2 aromatic carbocycles. The molecule has 0 unspecified atom stereocenters. The van der Waals surface area contributed by atoms with E-state index in [1.54, 1.807) is 30.3 Å². The largest absolute Gasteiger partial charge is 0.487 e. The number of H-pyrrole nitrogens is 1. The summed E-state index contributed by atoms with van der Waals surface area (Å²) in [6.45, 7) is 2.75. The van der Waals surface area contributed by atoms with Gasteiger partial charge < -0.3 is 19.1 Å². The van der Waals surface area contributed by atoms with Crippen LogP contribution in [0.25, 0.3) is 0 Å². The number of aromatic nitrogens is 2. The van der Waals surface area contributed by atoms with E-state index in [1.165, 1.54) is 0 Å². The molecule has 2 aliphatic rings. The van der Waals surface area contributed by atoms with Crippen molar-refractivity contribution in [1.29, 1.82) is 0 Å². The molecule has 1 amide bonds. The van der Waals surface area contributed by atoms with Gasteiger partial charge in [0, 0.05) is 29.6 Å². The van der Waals surface area contributed by atoms with Gasteiger partial charge in [-0.2, -0.15) is 5.10 Å². The summed E-state index contributed by atoms with van der Waals surface area (Å²) in [5.74, 6) is 2.26. The summed E-state index contributed by atoms with van der Waals surface area (Å²) in [6.07, 6.45) is 0.874. The van der Waals surface area contributed by atoms with E-state index in [4.69, 9.17) is 25.8 Å². The van der Waals surface area contributed by atoms with E-state index in [0.29, 0.717) is 55.0 Å². The Kier molecular flexibility index (Phi) is 5.42. The molecule has 3 heterocycles. The summed E-state index contributed by atoms with van der Waals surface area (Å²) in [7, 11) is 0. The maximum Gasteiger partial charge on any atom is 0.254 e. The number of carbonyl (C=O) groups excluding carboxylic acids is 1. The van der Waals surface area contributed by atoms with Gasteiger partial charge in [0.25, 0.3) is 5.91 Å². The van der Waals surface area contributed by atoms with Crippen LogP contribution < -0.4 is 14.2 Å². The fourth-order valence-corrected chi connectivity index (χ4v) is 4.03. The Labute approximate surface area is 184 Å². The molecule has 1 saturated heterocycles. The number of ether oxygens (including phenoxy) is 3. The molecule has 0 aliphatic carbocycles. The number of nitrogens with one attached hydrogen (secondary N) is 1. The quantitative estimate of drug-likeness (QED) is 0.649. The second-order valence-electron chi connectivity index (χ2n) is 7.66. The van der Waals surface area contributed by atoms with Crippen LogP contribution in [0.1, 0.15) is 34.1 Å². The van der Waals surface area contributed by atoms with Crippen LogP contribution in [0.5, 0.6) is 17.2 Å². The van der Waals surface area contributed by atoms with E-state index in [1.807, 2.05) is 23.1 Å². The fourth-order valence-electron chi connectivity index (χ4n) is 3.90. The fraction of sp³-hybridized carbons (Fsp3) is 0.304. The molecule has 0 bridgehead atoms. The summed E-state index contributed by atoms with van der Waals surface area (Å²) >= 11 is 5.90. The molecule has 1 aromatic heterocycles. The van der Waals surface area contributed by atoms with Crippen molar-refractivity contribution in [2.75, 3.05) is 26.3 Å². The molecule has 5 rings (SSSR count). The molecular formula is C23H22ClN3O4. The standard InChI is InChI=1S/C23H22ClN3O4/c24-17-2-4-19(5-3-17)31-14-18-12-20(26-25-18)16-7-8-27(13-16)23(28)15-1-6-21-22(11-15)30-10-9-29-21/h1-6,11-12,16H,7-10,13-14H2,(H,25,26)/t16-/m0/s1. The SMILES string of the molecule is O=C(c1ccc2c(c1)OCCO2)N1CC[C@H](c2cc(COc3ccc(Cl)cc3)[nH]n2)C1. The van der Waals surface area contributed by atoms with E-state index in [9.17, 15) is 4.79 Å². The minimum Gasteiger partial charge on any atom is -0.487 e. The molecule has 3 aromatic rings. The second kappa shape index (κ2) is 8.51. The van der Waals surface area contributed by atoms with Gasteiger partial charge in [0.15, 0.2) is 11.5 Å². The van der Waals surface area contributed by atoms with Crippen molar-refractivity contribution in [2.24, 2.45) is 0 Å². The zero-order valence-corrected chi connectivity index (χ0v) is 17.6. The molecule has 1 fully saturated rings. The van der Waals surface area contributed by atoms with E-state index in [0.717, 1.165) is 23.6 Å². The molecular weight excluding hydrogens is 418 g/mol. The van der Waals surface area contributed by atoms with Crippen molar-refractivity contribution < 1.29 is 19.0 Å². The van der Waals surface area contributed by atoms with Crippen molar-refractivity contribution >= 4 is 17.5 Å². The van der Waals surface area contributed by atoms with Crippen LogP contribution in [-0.2, 0) is 6.61 Å². The highest BCUT2D eigenvalue weighted by atomic mass is 35.5. The minimum absolute atomic E-state index is 0.00121. The Hall–Kier alpha value is -3.19. The number of amides is 1. The Balaban J connectivity index is 1.20. The van der Waals surface area contributed by atoms with E-state index in [2.05, 4.69) is 10.2 Å². The average molecular weight is 440 g/mol. The van der Waals surface area contributed by atoms with E-state index in [-0.39, 0.29) is 11.8 Å². The van der Waals surface area contributed by atoms with Crippen LogP contribution in [0, 0.1) is 0 Å². The summed E-state index contributed by atoms with van der Waals surface area (Å²) < 4.78 is 16.9. The highest BCUT2D eigenvalue weighted by Gasteiger charge is 2.30. The summed E-state index contributed by atoms with van der Waals surface area (Å²) in [5, 5.41) is 8.16. The molecule has 0 radical (unpaired) electrons. The number of aromatic amines is 1. The maximum atomic E-state index is 13.0. The van der Waals surface area contributed by atoms with Crippen LogP contribution in [0.15, 0.2) is 48.5 Å². The zero-order chi connectivity index (χ0) is 21.2. The average Bonchev–Trinajstić information content (AvgIpc) is 3.48. The summed E-state index contributed by atoms with van der Waals surface area (Å²) in [6, 6.07) is 14.6. The third kappa shape index (κ3) is 4.32. The number of fused-ring (bicyclic) bond motifs is 1. The molecule has 0 spiro atoms. The topological polar surface area (TPSA) is 76.7 Å². The van der Waals surface area contributed by atoms with Gasteiger partial charge in [0.2, 0.25) is 0 Å².